The topological polar surface area (TPSA) is 74.6 Å². The van der Waals surface area contributed by atoms with Gasteiger partial charge in [-0.05, 0) is 6.92 Å². The number of hydrogen-bond acceptors (Lipinski definition) is 3. The summed E-state index contributed by atoms with van der Waals surface area (Å²) in [5.74, 6) is -1.95. The Hall–Kier alpha value is -0.970. The van der Waals surface area contributed by atoms with E-state index < -0.39 is 11.9 Å². The van der Waals surface area contributed by atoms with E-state index in [1.54, 1.807) is 6.92 Å². The van der Waals surface area contributed by atoms with Crippen molar-refractivity contribution in [2.45, 2.75) is 12.2 Å². The first kappa shape index (κ1) is 9.12. The molecule has 0 saturated carbocycles. The molecule has 1 atom stereocenters. The zero-order valence-electron chi connectivity index (χ0n) is 6.40. The van der Waals surface area contributed by atoms with Crippen molar-refractivity contribution >= 4 is 23.7 Å². The lowest BCUT2D eigenvalue weighted by Gasteiger charge is -2.01. The van der Waals surface area contributed by atoms with Crippen molar-refractivity contribution in [1.82, 2.24) is 0 Å². The highest BCUT2D eigenvalue weighted by Gasteiger charge is 2.31. The lowest BCUT2D eigenvalue weighted by Crippen LogP contribution is -2.13. The van der Waals surface area contributed by atoms with Crippen LogP contribution in [-0.4, -0.2) is 33.2 Å². The molecule has 0 saturated heterocycles. The van der Waals surface area contributed by atoms with Crippen LogP contribution in [0.25, 0.3) is 0 Å². The molecule has 0 aromatic carbocycles. The monoisotopic (exact) mass is 188 g/mol. The first-order chi connectivity index (χ1) is 5.54. The Morgan fingerprint density at radius 1 is 1.42 bits per heavy atom. The maximum absolute atomic E-state index is 10.6. The summed E-state index contributed by atoms with van der Waals surface area (Å²) in [6, 6.07) is 0. The summed E-state index contributed by atoms with van der Waals surface area (Å²) < 4.78 is 0. The zero-order chi connectivity index (χ0) is 9.30. The van der Waals surface area contributed by atoms with Gasteiger partial charge in [-0.25, -0.2) is 9.59 Å². The Labute approximate surface area is 73.3 Å². The molecule has 1 aliphatic heterocycles. The van der Waals surface area contributed by atoms with Crippen LogP contribution in [0.1, 0.15) is 6.92 Å². The second-order valence-electron chi connectivity index (χ2n) is 2.46. The van der Waals surface area contributed by atoms with E-state index in [9.17, 15) is 9.59 Å². The molecule has 4 nitrogen and oxygen atoms in total. The summed E-state index contributed by atoms with van der Waals surface area (Å²) in [6.45, 7) is 1.70. The predicted molar refractivity (Wildman–Crippen MR) is 44.2 cm³/mol. The Bertz CT molecular complexity index is 269. The van der Waals surface area contributed by atoms with Gasteiger partial charge in [-0.15, -0.1) is 11.8 Å². The van der Waals surface area contributed by atoms with Crippen molar-refractivity contribution in [1.29, 1.82) is 0 Å². The van der Waals surface area contributed by atoms with Crippen LogP contribution in [0.3, 0.4) is 0 Å². The highest BCUT2D eigenvalue weighted by Crippen LogP contribution is 2.32. The van der Waals surface area contributed by atoms with Gasteiger partial charge in [-0.3, -0.25) is 0 Å². The molecule has 0 fully saturated rings. The first-order valence-corrected chi connectivity index (χ1v) is 4.40. The van der Waals surface area contributed by atoms with E-state index >= 15 is 0 Å². The zero-order valence-corrected chi connectivity index (χ0v) is 7.22. The summed E-state index contributed by atoms with van der Waals surface area (Å²) in [5, 5.41) is 17.1. The van der Waals surface area contributed by atoms with Gasteiger partial charge in [0.1, 0.15) is 0 Å². The summed E-state index contributed by atoms with van der Waals surface area (Å²) in [5.41, 5.74) is 0.0625. The van der Waals surface area contributed by atoms with Crippen LogP contribution >= 0.6 is 11.8 Å². The van der Waals surface area contributed by atoms with Crippen molar-refractivity contribution in [2.75, 3.05) is 5.75 Å². The lowest BCUT2D eigenvalue weighted by molar-refractivity contribution is -0.135. The maximum atomic E-state index is 10.6. The normalized spacial score (nSPS) is 22.9. The van der Waals surface area contributed by atoms with Crippen molar-refractivity contribution in [3.63, 3.8) is 0 Å². The van der Waals surface area contributed by atoms with Crippen LogP contribution in [-0.2, 0) is 9.59 Å². The molecule has 0 aromatic rings. The van der Waals surface area contributed by atoms with Crippen LogP contribution < -0.4 is 0 Å². The molecule has 0 spiro atoms. The van der Waals surface area contributed by atoms with Gasteiger partial charge in [0.25, 0.3) is 0 Å². The smallest absolute Gasteiger partial charge is 0.333 e. The highest BCUT2D eigenvalue weighted by molar-refractivity contribution is 8.00. The van der Waals surface area contributed by atoms with Crippen molar-refractivity contribution < 1.29 is 19.8 Å². The van der Waals surface area contributed by atoms with E-state index in [1.165, 1.54) is 11.8 Å². The Kier molecular flexibility index (Phi) is 2.42. The third-order valence-electron chi connectivity index (χ3n) is 1.70. The predicted octanol–water partition coefficient (Wildman–Crippen LogP) is 0.587. The largest absolute Gasteiger partial charge is 0.478 e. The minimum absolute atomic E-state index is 0.0278. The fourth-order valence-corrected chi connectivity index (χ4v) is 2.20. The summed E-state index contributed by atoms with van der Waals surface area (Å²) in [7, 11) is 0. The van der Waals surface area contributed by atoms with E-state index in [4.69, 9.17) is 10.2 Å². The molecule has 0 aliphatic carbocycles. The van der Waals surface area contributed by atoms with E-state index in [2.05, 4.69) is 0 Å². The fraction of sp³-hybridized carbons (Fsp3) is 0.429. The van der Waals surface area contributed by atoms with Crippen LogP contribution in [0, 0.1) is 0 Å². The molecule has 66 valence electrons. The molecule has 0 aromatic heterocycles. The van der Waals surface area contributed by atoms with E-state index in [0.29, 0.717) is 0 Å². The number of hydrogen-bond donors (Lipinski definition) is 2. The standard InChI is InChI=1S/C7H8O4S/c1-3-5(7(10)11)4(2-12-3)6(8)9/h3H,2H2,1H3,(H,8,9)(H,10,11). The van der Waals surface area contributed by atoms with E-state index in [-0.39, 0.29) is 22.1 Å². The lowest BCUT2D eigenvalue weighted by atomic mass is 10.1. The quantitative estimate of drug-likeness (QED) is 0.663. The van der Waals surface area contributed by atoms with Crippen molar-refractivity contribution in [3.8, 4) is 0 Å². The van der Waals surface area contributed by atoms with E-state index in [0.717, 1.165) is 0 Å². The maximum Gasteiger partial charge on any atom is 0.333 e. The first-order valence-electron chi connectivity index (χ1n) is 3.35. The fourth-order valence-electron chi connectivity index (χ4n) is 1.09. The molecule has 0 bridgehead atoms. The SMILES string of the molecule is CC1SCC(C(=O)O)=C1C(=O)O. The number of aliphatic carboxylic acids is 2. The Balaban J connectivity index is 3.06. The molecule has 0 radical (unpaired) electrons. The molecular weight excluding hydrogens is 180 g/mol. The molecule has 5 heteroatoms. The van der Waals surface area contributed by atoms with Crippen molar-refractivity contribution in [2.24, 2.45) is 0 Å². The van der Waals surface area contributed by atoms with Gasteiger partial charge >= 0.3 is 11.9 Å². The van der Waals surface area contributed by atoms with Crippen LogP contribution in [0.5, 0.6) is 0 Å². The van der Waals surface area contributed by atoms with Gasteiger partial charge in [0, 0.05) is 11.0 Å². The average molecular weight is 188 g/mol. The second kappa shape index (κ2) is 3.18. The Morgan fingerprint density at radius 3 is 2.33 bits per heavy atom. The van der Waals surface area contributed by atoms with E-state index in [1.807, 2.05) is 0 Å². The van der Waals surface area contributed by atoms with Gasteiger partial charge in [-0.1, -0.05) is 0 Å². The number of thioether (sulfide) groups is 1. The van der Waals surface area contributed by atoms with Crippen LogP contribution in [0.15, 0.2) is 11.1 Å². The number of carbonyl (C=O) groups is 2. The van der Waals surface area contributed by atoms with Crippen molar-refractivity contribution in [3.05, 3.63) is 11.1 Å². The minimum Gasteiger partial charge on any atom is -0.478 e. The van der Waals surface area contributed by atoms with Gasteiger partial charge in [0.2, 0.25) is 0 Å². The third kappa shape index (κ3) is 1.45. The number of carboxylic acids is 2. The summed E-state index contributed by atoms with van der Waals surface area (Å²) in [4.78, 5) is 21.1. The highest BCUT2D eigenvalue weighted by atomic mass is 32.2. The molecule has 12 heavy (non-hydrogen) atoms. The Morgan fingerprint density at radius 2 is 2.00 bits per heavy atom. The summed E-state index contributed by atoms with van der Waals surface area (Å²) >= 11 is 1.33. The molecular formula is C7H8O4S. The molecule has 1 rings (SSSR count). The molecule has 1 heterocycles. The van der Waals surface area contributed by atoms with Crippen LogP contribution in [0.4, 0.5) is 0 Å². The van der Waals surface area contributed by atoms with Gasteiger partial charge in [0.15, 0.2) is 0 Å². The van der Waals surface area contributed by atoms with Gasteiger partial charge in [0.05, 0.1) is 11.1 Å². The molecule has 2 N–H and O–H groups in total. The van der Waals surface area contributed by atoms with Crippen LogP contribution in [0.2, 0.25) is 0 Å². The number of carboxylic acid groups (broad SMARTS) is 2. The molecule has 0 amide bonds. The molecule has 1 aliphatic rings. The second-order valence-corrected chi connectivity index (χ2v) is 3.78. The number of rotatable bonds is 2. The van der Waals surface area contributed by atoms with Gasteiger partial charge in [-0.2, -0.15) is 0 Å². The summed E-state index contributed by atoms with van der Waals surface area (Å²) in [6.07, 6.45) is 0. The third-order valence-corrected chi connectivity index (χ3v) is 2.89. The minimum atomic E-state index is -1.12. The average Bonchev–Trinajstić information content (AvgIpc) is 2.30. The van der Waals surface area contributed by atoms with Gasteiger partial charge < -0.3 is 10.2 Å². The molecule has 1 unspecified atom stereocenters.